The third kappa shape index (κ3) is 5.79. The van der Waals surface area contributed by atoms with E-state index in [1.54, 1.807) is 0 Å². The van der Waals surface area contributed by atoms with Crippen molar-refractivity contribution < 1.29 is 33.6 Å². The van der Waals surface area contributed by atoms with Crippen LogP contribution in [-0.4, -0.2) is 59.8 Å². The summed E-state index contributed by atoms with van der Waals surface area (Å²) in [5.74, 6) is 0.358. The third-order valence-electron chi connectivity index (χ3n) is 9.65. The predicted molar refractivity (Wildman–Crippen MR) is 140 cm³/mol. The van der Waals surface area contributed by atoms with Crippen LogP contribution in [-0.2, 0) is 28.5 Å². The van der Waals surface area contributed by atoms with Gasteiger partial charge in [-0.25, -0.2) is 0 Å². The molecule has 0 aromatic rings. The lowest BCUT2D eigenvalue weighted by Gasteiger charge is -2.47. The Morgan fingerprint density at radius 3 is 2.51 bits per heavy atom. The average Bonchev–Trinajstić information content (AvgIpc) is 3.18. The van der Waals surface area contributed by atoms with Gasteiger partial charge in [0.05, 0.1) is 24.9 Å². The second kappa shape index (κ2) is 11.7. The number of aliphatic hydroxyl groups is 1. The van der Waals surface area contributed by atoms with Crippen LogP contribution in [0.4, 0.5) is 0 Å². The highest BCUT2D eigenvalue weighted by atomic mass is 16.6. The quantitative estimate of drug-likeness (QED) is 0.274. The minimum atomic E-state index is -0.925. The molecule has 7 nitrogen and oxygen atoms in total. The summed E-state index contributed by atoms with van der Waals surface area (Å²) in [5, 5.41) is 11.1. The summed E-state index contributed by atoms with van der Waals surface area (Å²) in [4.78, 5) is 25.1. The molecule has 37 heavy (non-hydrogen) atoms. The molecule has 0 amide bonds. The van der Waals surface area contributed by atoms with Gasteiger partial charge in [0.15, 0.2) is 0 Å². The number of unbranched alkanes of at least 4 members (excludes halogenated alkanes) is 4. The number of ether oxygens (including phenoxy) is 4. The molecule has 0 aromatic carbocycles. The molecule has 3 saturated heterocycles. The summed E-state index contributed by atoms with van der Waals surface area (Å²) < 4.78 is 25.6. The molecule has 11 atom stereocenters. The maximum Gasteiger partial charge on any atom is 0.306 e. The van der Waals surface area contributed by atoms with Gasteiger partial charge in [0, 0.05) is 31.6 Å². The van der Waals surface area contributed by atoms with E-state index in [9.17, 15) is 14.7 Å². The van der Waals surface area contributed by atoms with E-state index in [4.69, 9.17) is 18.9 Å². The molecule has 4 aliphatic rings. The molecule has 1 saturated carbocycles. The normalized spacial score (nSPS) is 43.2. The van der Waals surface area contributed by atoms with Crippen LogP contribution in [0.1, 0.15) is 92.4 Å². The van der Waals surface area contributed by atoms with Gasteiger partial charge in [-0.3, -0.25) is 9.59 Å². The summed E-state index contributed by atoms with van der Waals surface area (Å²) in [6.07, 6.45) is 4.92. The minimum Gasteiger partial charge on any atom is -0.462 e. The van der Waals surface area contributed by atoms with Crippen LogP contribution in [0.2, 0.25) is 0 Å². The summed E-state index contributed by atoms with van der Waals surface area (Å²) >= 11 is 0. The lowest BCUT2D eigenvalue weighted by molar-refractivity contribution is -0.205. The van der Waals surface area contributed by atoms with Gasteiger partial charge >= 0.3 is 11.9 Å². The number of hydrogen-bond donors (Lipinski definition) is 1. The van der Waals surface area contributed by atoms with E-state index in [0.717, 1.165) is 32.1 Å². The van der Waals surface area contributed by atoms with Crippen molar-refractivity contribution in [2.45, 2.75) is 129 Å². The Labute approximate surface area is 222 Å². The molecule has 0 unspecified atom stereocenters. The zero-order valence-corrected chi connectivity index (χ0v) is 23.4. The molecule has 3 aliphatic heterocycles. The van der Waals surface area contributed by atoms with Gasteiger partial charge in [-0.15, -0.1) is 0 Å². The zero-order valence-electron chi connectivity index (χ0n) is 23.4. The SMILES string of the molecule is C=C1C[C@@H]2O[C@H]3[C@H]4[C@@H](C[C@@H](C)[C@@H](OC(C)=O)[C@H]42)[C@@H](C)CO[C@@]3(C)[C@H](OC(=O)CCCCCCC)C[C@H]1O. The highest BCUT2D eigenvalue weighted by molar-refractivity contribution is 5.69. The van der Waals surface area contributed by atoms with E-state index in [0.29, 0.717) is 30.9 Å². The molecule has 7 heteroatoms. The molecular formula is C30H48O7. The molecule has 0 radical (unpaired) electrons. The van der Waals surface area contributed by atoms with Crippen molar-refractivity contribution in [1.82, 2.24) is 0 Å². The predicted octanol–water partition coefficient (Wildman–Crippen LogP) is 4.98. The molecule has 210 valence electrons. The van der Waals surface area contributed by atoms with Crippen LogP contribution in [0.3, 0.4) is 0 Å². The molecular weight excluding hydrogens is 472 g/mol. The van der Waals surface area contributed by atoms with Crippen LogP contribution < -0.4 is 0 Å². The number of aliphatic hydroxyl groups excluding tert-OH is 1. The maximum absolute atomic E-state index is 13.0. The first-order valence-corrected chi connectivity index (χ1v) is 14.6. The second-order valence-electron chi connectivity index (χ2n) is 12.4. The Balaban J connectivity index is 1.65. The fourth-order valence-electron chi connectivity index (χ4n) is 7.61. The highest BCUT2D eigenvalue weighted by Crippen LogP contribution is 2.58. The Morgan fingerprint density at radius 2 is 1.81 bits per heavy atom. The smallest absolute Gasteiger partial charge is 0.306 e. The fraction of sp³-hybridized carbons (Fsp3) is 0.867. The molecule has 3 heterocycles. The first-order valence-electron chi connectivity index (χ1n) is 14.6. The van der Waals surface area contributed by atoms with Crippen molar-refractivity contribution in [2.24, 2.45) is 29.6 Å². The standard InChI is InChI=1S/C30H48O7/c1-7-8-9-10-11-12-25(33)37-24-15-22(32)17(2)14-23-27-26-21(13-18(3)28(27)35-20(5)31)19(4)16-34-30(24,6)29(26)36-23/h18-19,21-24,26-29,32H,2,7-16H2,1,3-6H3/t18-,19+,21+,22-,23+,24-,26+,27+,28-,29+,30+/m1/s1. The van der Waals surface area contributed by atoms with Crippen molar-refractivity contribution in [3.8, 4) is 0 Å². The van der Waals surface area contributed by atoms with E-state index in [2.05, 4.69) is 27.4 Å². The summed E-state index contributed by atoms with van der Waals surface area (Å²) in [5.41, 5.74) is -0.260. The third-order valence-corrected chi connectivity index (χ3v) is 9.65. The van der Waals surface area contributed by atoms with Crippen molar-refractivity contribution in [1.29, 1.82) is 0 Å². The number of carbonyl (C=O) groups is 2. The van der Waals surface area contributed by atoms with Gasteiger partial charge in [-0.05, 0) is 49.5 Å². The number of carbonyl (C=O) groups excluding carboxylic acids is 2. The van der Waals surface area contributed by atoms with Crippen molar-refractivity contribution in [3.05, 3.63) is 12.2 Å². The minimum absolute atomic E-state index is 0.0249. The summed E-state index contributed by atoms with van der Waals surface area (Å²) in [6, 6.07) is 0. The van der Waals surface area contributed by atoms with Gasteiger partial charge in [-0.1, -0.05) is 53.0 Å². The lowest BCUT2D eigenvalue weighted by atomic mass is 9.59. The monoisotopic (exact) mass is 520 g/mol. The largest absolute Gasteiger partial charge is 0.462 e. The molecule has 1 N–H and O–H groups in total. The number of hydrogen-bond acceptors (Lipinski definition) is 7. The van der Waals surface area contributed by atoms with E-state index in [1.807, 2.05) is 6.92 Å². The molecule has 0 spiro atoms. The Hall–Kier alpha value is -1.44. The average molecular weight is 521 g/mol. The first-order chi connectivity index (χ1) is 17.6. The van der Waals surface area contributed by atoms with Crippen molar-refractivity contribution in [2.75, 3.05) is 6.61 Å². The lowest BCUT2D eigenvalue weighted by Crippen LogP contribution is -2.58. The summed E-state index contributed by atoms with van der Waals surface area (Å²) in [7, 11) is 0. The molecule has 4 fully saturated rings. The van der Waals surface area contributed by atoms with E-state index < -0.39 is 17.8 Å². The van der Waals surface area contributed by atoms with Gasteiger partial charge in [0.2, 0.25) is 0 Å². The number of rotatable bonds is 8. The van der Waals surface area contributed by atoms with Gasteiger partial charge in [-0.2, -0.15) is 0 Å². The molecule has 2 bridgehead atoms. The fourth-order valence-corrected chi connectivity index (χ4v) is 7.61. The van der Waals surface area contributed by atoms with Gasteiger partial charge in [0.25, 0.3) is 0 Å². The second-order valence-corrected chi connectivity index (χ2v) is 12.4. The van der Waals surface area contributed by atoms with Crippen LogP contribution >= 0.6 is 0 Å². The Kier molecular flexibility index (Phi) is 9.07. The van der Waals surface area contributed by atoms with Crippen LogP contribution in [0.15, 0.2) is 12.2 Å². The topological polar surface area (TPSA) is 91.3 Å². The highest BCUT2D eigenvalue weighted by Gasteiger charge is 2.65. The maximum atomic E-state index is 13.0. The Morgan fingerprint density at radius 1 is 1.08 bits per heavy atom. The Bertz CT molecular complexity index is 842. The summed E-state index contributed by atoms with van der Waals surface area (Å²) in [6.45, 7) is 14.7. The van der Waals surface area contributed by atoms with Crippen LogP contribution in [0.5, 0.6) is 0 Å². The number of fused-ring (bicyclic) bond motifs is 2. The van der Waals surface area contributed by atoms with Crippen LogP contribution in [0.25, 0.3) is 0 Å². The van der Waals surface area contributed by atoms with Gasteiger partial charge in [0.1, 0.15) is 17.8 Å². The first kappa shape index (κ1) is 28.6. The van der Waals surface area contributed by atoms with Gasteiger partial charge < -0.3 is 24.1 Å². The van der Waals surface area contributed by atoms with Crippen molar-refractivity contribution in [3.63, 3.8) is 0 Å². The zero-order chi connectivity index (χ0) is 26.9. The number of esters is 2. The molecule has 1 aliphatic carbocycles. The van der Waals surface area contributed by atoms with Crippen molar-refractivity contribution >= 4 is 11.9 Å². The van der Waals surface area contributed by atoms with E-state index in [-0.39, 0.29) is 60.3 Å². The van der Waals surface area contributed by atoms with Crippen LogP contribution in [0, 0.1) is 29.6 Å². The molecule has 4 rings (SSSR count). The van der Waals surface area contributed by atoms with E-state index in [1.165, 1.54) is 13.3 Å². The van der Waals surface area contributed by atoms with E-state index >= 15 is 0 Å². The molecule has 0 aromatic heterocycles.